The summed E-state index contributed by atoms with van der Waals surface area (Å²) in [6.45, 7) is 2.73. The van der Waals surface area contributed by atoms with Gasteiger partial charge in [-0.3, -0.25) is 4.79 Å². The summed E-state index contributed by atoms with van der Waals surface area (Å²) in [6, 6.07) is 16.0. The zero-order valence-electron chi connectivity index (χ0n) is 14.5. The first-order chi connectivity index (χ1) is 12.6. The molecule has 0 spiro atoms. The van der Waals surface area contributed by atoms with Crippen LogP contribution in [0.15, 0.2) is 64.8 Å². The van der Waals surface area contributed by atoms with Gasteiger partial charge >= 0.3 is 0 Å². The number of carbonyl (C=O) groups is 1. The van der Waals surface area contributed by atoms with Crippen LogP contribution in [0.25, 0.3) is 10.9 Å². The molecule has 6 nitrogen and oxygen atoms in total. The van der Waals surface area contributed by atoms with Crippen LogP contribution in [-0.2, 0) is 11.3 Å². The fourth-order valence-electron chi connectivity index (χ4n) is 2.84. The first-order valence-electron chi connectivity index (χ1n) is 8.62. The number of fused-ring (bicyclic) bond motifs is 1. The molecule has 1 atom stereocenters. The Morgan fingerprint density at radius 2 is 1.81 bits per heavy atom. The minimum Gasteiger partial charge on any atom is -0.493 e. The number of amides is 1. The first-order valence-corrected chi connectivity index (χ1v) is 8.62. The first kappa shape index (κ1) is 17.8. The largest absolute Gasteiger partial charge is 0.493 e. The van der Waals surface area contributed by atoms with E-state index in [2.05, 4.69) is 17.2 Å². The van der Waals surface area contributed by atoms with E-state index in [-0.39, 0.29) is 11.6 Å². The molecule has 1 amide bonds. The molecule has 0 unspecified atom stereocenters. The van der Waals surface area contributed by atoms with Gasteiger partial charge < -0.3 is 14.8 Å². The third kappa shape index (κ3) is 3.50. The van der Waals surface area contributed by atoms with Gasteiger partial charge in [0.05, 0.1) is 5.52 Å². The molecule has 6 heteroatoms. The number of azo groups is 1. The molecule has 1 heterocycles. The number of unbranched alkanes of at least 4 members (excludes halogenated alkanes) is 1. The van der Waals surface area contributed by atoms with Gasteiger partial charge in [-0.2, -0.15) is 0 Å². The van der Waals surface area contributed by atoms with E-state index in [9.17, 15) is 15.0 Å². The van der Waals surface area contributed by atoms with Gasteiger partial charge in [0.2, 0.25) is 5.88 Å². The summed E-state index contributed by atoms with van der Waals surface area (Å²) < 4.78 is 1.77. The fourth-order valence-corrected chi connectivity index (χ4v) is 2.84. The summed E-state index contributed by atoms with van der Waals surface area (Å²) in [5.41, 5.74) is 1.53. The van der Waals surface area contributed by atoms with Crippen molar-refractivity contribution in [1.29, 1.82) is 0 Å². The van der Waals surface area contributed by atoms with Crippen LogP contribution >= 0.6 is 0 Å². The predicted octanol–water partition coefficient (Wildman–Crippen LogP) is 4.49. The third-order valence-electron chi connectivity index (χ3n) is 4.25. The van der Waals surface area contributed by atoms with Crippen molar-refractivity contribution in [2.45, 2.75) is 32.4 Å². The summed E-state index contributed by atoms with van der Waals surface area (Å²) >= 11 is 0. The second-order valence-corrected chi connectivity index (χ2v) is 6.05. The van der Waals surface area contributed by atoms with Crippen LogP contribution in [0, 0.1) is 0 Å². The van der Waals surface area contributed by atoms with E-state index in [0.29, 0.717) is 17.5 Å². The van der Waals surface area contributed by atoms with Crippen molar-refractivity contribution in [3.63, 3.8) is 0 Å². The molecule has 0 aliphatic rings. The number of aliphatic hydroxyl groups is 1. The molecule has 0 bridgehead atoms. The third-order valence-corrected chi connectivity index (χ3v) is 4.25. The second-order valence-electron chi connectivity index (χ2n) is 6.05. The summed E-state index contributed by atoms with van der Waals surface area (Å²) in [4.78, 5) is 12.1. The van der Waals surface area contributed by atoms with Gasteiger partial charge in [0, 0.05) is 11.9 Å². The highest BCUT2D eigenvalue weighted by atomic mass is 16.3. The Kier molecular flexibility index (Phi) is 5.43. The maximum atomic E-state index is 12.1. The standard InChI is InChI=1S/C20H21N3O3/c1-2-3-13-23-16-12-8-7-11-15(16)17(20(23)26)21-22-19(25)18(24)14-9-5-4-6-10-14/h4-12,18,24,26H,2-3,13H2,1H3/t18-/m1/s1. The van der Waals surface area contributed by atoms with E-state index in [1.54, 1.807) is 34.9 Å². The van der Waals surface area contributed by atoms with Gasteiger partial charge in [-0.25, -0.2) is 0 Å². The van der Waals surface area contributed by atoms with Crippen molar-refractivity contribution in [3.8, 4) is 5.88 Å². The Hall–Kier alpha value is -2.99. The van der Waals surface area contributed by atoms with Crippen LogP contribution in [0.4, 0.5) is 5.69 Å². The molecule has 0 radical (unpaired) electrons. The zero-order chi connectivity index (χ0) is 18.5. The van der Waals surface area contributed by atoms with Crippen LogP contribution in [0.3, 0.4) is 0 Å². The van der Waals surface area contributed by atoms with Gasteiger partial charge in [-0.05, 0) is 18.1 Å². The Labute approximate surface area is 151 Å². The number of benzene rings is 2. The number of aliphatic hydroxyl groups excluding tert-OH is 1. The molecule has 3 aromatic rings. The van der Waals surface area contributed by atoms with Crippen LogP contribution in [-0.4, -0.2) is 20.7 Å². The van der Waals surface area contributed by atoms with Crippen molar-refractivity contribution in [2.24, 2.45) is 10.2 Å². The number of rotatable bonds is 6. The predicted molar refractivity (Wildman–Crippen MR) is 99.4 cm³/mol. The molecule has 0 aliphatic carbocycles. The Morgan fingerprint density at radius 1 is 1.12 bits per heavy atom. The summed E-state index contributed by atoms with van der Waals surface area (Å²) in [5.74, 6) is -0.800. The Bertz CT molecular complexity index is 932. The number of aromatic hydroxyl groups is 1. The molecule has 0 aliphatic heterocycles. The van der Waals surface area contributed by atoms with Crippen LogP contribution < -0.4 is 0 Å². The van der Waals surface area contributed by atoms with Crippen molar-refractivity contribution in [1.82, 2.24) is 4.57 Å². The average molecular weight is 351 g/mol. The molecule has 134 valence electrons. The quantitative estimate of drug-likeness (QED) is 0.641. The minimum absolute atomic E-state index is 0.0228. The molecule has 0 saturated heterocycles. The van der Waals surface area contributed by atoms with Crippen LogP contribution in [0.1, 0.15) is 31.4 Å². The highest BCUT2D eigenvalue weighted by molar-refractivity contribution is 5.95. The fraction of sp³-hybridized carbons (Fsp3) is 0.250. The molecule has 3 rings (SSSR count). The maximum Gasteiger partial charge on any atom is 0.297 e. The van der Waals surface area contributed by atoms with E-state index < -0.39 is 12.0 Å². The number of carbonyl (C=O) groups excluding carboxylic acids is 1. The van der Waals surface area contributed by atoms with Crippen LogP contribution in [0.2, 0.25) is 0 Å². The van der Waals surface area contributed by atoms with E-state index >= 15 is 0 Å². The van der Waals surface area contributed by atoms with E-state index in [1.165, 1.54) is 0 Å². The van der Waals surface area contributed by atoms with E-state index in [4.69, 9.17) is 0 Å². The normalized spacial score (nSPS) is 12.7. The lowest BCUT2D eigenvalue weighted by Crippen LogP contribution is -2.08. The van der Waals surface area contributed by atoms with Gasteiger partial charge in [-0.1, -0.05) is 61.9 Å². The average Bonchev–Trinajstić information content (AvgIpc) is 2.95. The summed E-state index contributed by atoms with van der Waals surface area (Å²) in [6.07, 6.45) is 0.523. The molecular weight excluding hydrogens is 330 g/mol. The highest BCUT2D eigenvalue weighted by Crippen LogP contribution is 2.39. The number of para-hydroxylation sites is 1. The number of aryl methyl sites for hydroxylation is 1. The molecule has 2 N–H and O–H groups in total. The zero-order valence-corrected chi connectivity index (χ0v) is 14.5. The highest BCUT2D eigenvalue weighted by Gasteiger charge is 2.19. The molecular formula is C20H21N3O3. The molecule has 0 fully saturated rings. The SMILES string of the molecule is CCCCn1c(O)c(N=NC(=O)[C@H](O)c2ccccc2)c2ccccc21. The smallest absolute Gasteiger partial charge is 0.297 e. The number of nitrogens with zero attached hydrogens (tertiary/aromatic N) is 3. The van der Waals surface area contributed by atoms with E-state index in [0.717, 1.165) is 18.4 Å². The Morgan fingerprint density at radius 3 is 2.54 bits per heavy atom. The lowest BCUT2D eigenvalue weighted by molar-refractivity contribution is -0.126. The van der Waals surface area contributed by atoms with Gasteiger partial charge in [-0.15, -0.1) is 10.2 Å². The minimum atomic E-state index is -1.38. The molecule has 26 heavy (non-hydrogen) atoms. The van der Waals surface area contributed by atoms with Crippen molar-refractivity contribution in [2.75, 3.05) is 0 Å². The molecule has 1 aromatic heterocycles. The lowest BCUT2D eigenvalue weighted by atomic mass is 10.1. The number of hydrogen-bond donors (Lipinski definition) is 2. The lowest BCUT2D eigenvalue weighted by Gasteiger charge is -2.05. The van der Waals surface area contributed by atoms with Gasteiger partial charge in [0.1, 0.15) is 0 Å². The second kappa shape index (κ2) is 7.93. The summed E-state index contributed by atoms with van der Waals surface area (Å²) in [5, 5.41) is 28.9. The summed E-state index contributed by atoms with van der Waals surface area (Å²) in [7, 11) is 0. The van der Waals surface area contributed by atoms with Gasteiger partial charge in [0.25, 0.3) is 5.91 Å². The topological polar surface area (TPSA) is 87.2 Å². The van der Waals surface area contributed by atoms with Crippen LogP contribution in [0.5, 0.6) is 5.88 Å². The molecule has 0 saturated carbocycles. The maximum absolute atomic E-state index is 12.1. The monoisotopic (exact) mass is 351 g/mol. The van der Waals surface area contributed by atoms with E-state index in [1.807, 2.05) is 24.3 Å². The van der Waals surface area contributed by atoms with Crippen molar-refractivity contribution < 1.29 is 15.0 Å². The van der Waals surface area contributed by atoms with Crippen molar-refractivity contribution in [3.05, 3.63) is 60.2 Å². The number of hydrogen-bond acceptors (Lipinski definition) is 4. The number of aromatic nitrogens is 1. The molecule has 2 aromatic carbocycles. The van der Waals surface area contributed by atoms with Gasteiger partial charge in [0.15, 0.2) is 11.8 Å². The van der Waals surface area contributed by atoms with Crippen molar-refractivity contribution >= 4 is 22.5 Å². The Balaban J connectivity index is 1.92.